The lowest BCUT2D eigenvalue weighted by Gasteiger charge is -2.43. The highest BCUT2D eigenvalue weighted by molar-refractivity contribution is 5.91. The summed E-state index contributed by atoms with van der Waals surface area (Å²) in [7, 11) is 6.70. The number of allylic oxidation sites excluding steroid dienone is 1. The second-order valence-corrected chi connectivity index (χ2v) is 15.0. The van der Waals surface area contributed by atoms with Gasteiger partial charge in [-0.05, 0) is 65.3 Å². The number of likely N-dealkylation sites (N-methyl/N-ethyl adjacent to an activating group) is 1. The highest BCUT2D eigenvalue weighted by Gasteiger charge is 2.59. The van der Waals surface area contributed by atoms with Crippen molar-refractivity contribution >= 4 is 11.8 Å². The topological polar surface area (TPSA) is 175 Å². The molecule has 0 aromatic heterocycles. The average Bonchev–Trinajstić information content (AvgIpc) is 3.88. The number of methoxy groups -OCH3 is 2. The van der Waals surface area contributed by atoms with Gasteiger partial charge in [-0.2, -0.15) is 0 Å². The maximum atomic E-state index is 13.4. The molecule has 14 nitrogen and oxygen atoms in total. The Morgan fingerprint density at radius 1 is 0.882 bits per heavy atom. The molecule has 0 bridgehead atoms. The molecule has 0 aliphatic carbocycles. The largest absolute Gasteiger partial charge is 0.456 e. The molecule has 4 rings (SSSR count). The monoisotopic (exact) mass is 727 g/mol. The summed E-state index contributed by atoms with van der Waals surface area (Å²) in [5, 5.41) is 34.0. The Balaban J connectivity index is 1.59. The van der Waals surface area contributed by atoms with Crippen LogP contribution >= 0.6 is 0 Å². The summed E-state index contributed by atoms with van der Waals surface area (Å²) in [5.41, 5.74) is -1.86. The number of rotatable bonds is 9. The summed E-state index contributed by atoms with van der Waals surface area (Å²) in [5.74, 6) is -1.71. The van der Waals surface area contributed by atoms with Crippen LogP contribution in [0.5, 0.6) is 0 Å². The number of fused-ring (bicyclic) bond motifs is 1. The first-order chi connectivity index (χ1) is 24.1. The van der Waals surface area contributed by atoms with Gasteiger partial charge in [-0.1, -0.05) is 33.8 Å². The number of epoxide rings is 1. The molecule has 0 aromatic carbocycles. The molecule has 292 valence electrons. The van der Waals surface area contributed by atoms with Crippen molar-refractivity contribution in [1.82, 2.24) is 4.90 Å². The van der Waals surface area contributed by atoms with E-state index in [9.17, 15) is 24.9 Å². The molecule has 0 amide bonds. The molecule has 0 unspecified atom stereocenters. The summed E-state index contributed by atoms with van der Waals surface area (Å²) < 4.78 is 47.4. The number of ketones is 1. The van der Waals surface area contributed by atoms with E-state index < -0.39 is 79.1 Å². The maximum Gasteiger partial charge on any atom is 0.330 e. The molecular formula is C37H61NO13. The van der Waals surface area contributed by atoms with Gasteiger partial charge in [-0.3, -0.25) is 4.79 Å². The third-order valence-corrected chi connectivity index (χ3v) is 10.8. The zero-order valence-corrected chi connectivity index (χ0v) is 31.7. The van der Waals surface area contributed by atoms with Crippen LogP contribution in [0.1, 0.15) is 60.8 Å². The van der Waals surface area contributed by atoms with Gasteiger partial charge in [-0.25, -0.2) is 4.79 Å². The fraction of sp³-hybridized carbons (Fsp3) is 0.838. The van der Waals surface area contributed by atoms with Crippen LogP contribution in [0.4, 0.5) is 0 Å². The smallest absolute Gasteiger partial charge is 0.330 e. The van der Waals surface area contributed by atoms with Crippen molar-refractivity contribution in [3.63, 3.8) is 0 Å². The number of hydrogen-bond donors (Lipinski definition) is 3. The Morgan fingerprint density at radius 2 is 1.57 bits per heavy atom. The number of cyclic esters (lactones) is 1. The summed E-state index contributed by atoms with van der Waals surface area (Å²) in [4.78, 5) is 28.7. The molecule has 0 radical (unpaired) electrons. The molecule has 17 atom stereocenters. The van der Waals surface area contributed by atoms with Crippen LogP contribution in [0.15, 0.2) is 24.3 Å². The summed E-state index contributed by atoms with van der Waals surface area (Å²) in [6.07, 6.45) is -1.95. The van der Waals surface area contributed by atoms with E-state index in [0.29, 0.717) is 12.8 Å². The van der Waals surface area contributed by atoms with Crippen LogP contribution < -0.4 is 0 Å². The van der Waals surface area contributed by atoms with E-state index in [1.807, 2.05) is 46.7 Å². The Kier molecular flexibility index (Phi) is 14.8. The Morgan fingerprint density at radius 3 is 2.20 bits per heavy atom. The van der Waals surface area contributed by atoms with Crippen molar-refractivity contribution in [3.8, 4) is 0 Å². The highest BCUT2D eigenvalue weighted by atomic mass is 16.7. The first-order valence-electron chi connectivity index (χ1n) is 18.2. The number of nitrogens with zero attached hydrogens (tertiary/aromatic N) is 1. The lowest BCUT2D eigenvalue weighted by atomic mass is 9.84. The molecule has 0 aromatic rings. The molecule has 3 fully saturated rings. The van der Waals surface area contributed by atoms with Crippen LogP contribution in [0, 0.1) is 17.8 Å². The Labute approximate surface area is 302 Å². The Bertz CT molecular complexity index is 1210. The quantitative estimate of drug-likeness (QED) is 0.232. The number of ether oxygens (including phenoxy) is 8. The zero-order valence-electron chi connectivity index (χ0n) is 31.7. The molecule has 0 spiro atoms. The molecule has 51 heavy (non-hydrogen) atoms. The summed E-state index contributed by atoms with van der Waals surface area (Å²) in [6.45, 7) is 10.7. The van der Waals surface area contributed by atoms with Crippen molar-refractivity contribution in [2.45, 2.75) is 146 Å². The molecule has 0 saturated carbocycles. The molecule has 4 heterocycles. The van der Waals surface area contributed by atoms with Gasteiger partial charge in [0, 0.05) is 38.2 Å². The molecule has 3 N–H and O–H groups in total. The molecule has 3 saturated heterocycles. The average molecular weight is 728 g/mol. The van der Waals surface area contributed by atoms with E-state index in [2.05, 4.69) is 0 Å². The van der Waals surface area contributed by atoms with Crippen LogP contribution in [0.2, 0.25) is 0 Å². The molecule has 4 aliphatic heterocycles. The standard InChI is InChI=1S/C37H61NO13/c1-11-27-37(43,18-46-36-33(45-10)32(44-9)29(41)23(6)48-36)34-26(49-34)14-13-25(39)20(3)16-21(4)31(19(2)12-15-28(40)50-27)51-35-30(42)24(38(7)8)17-22(5)47-35/h12-15,19-24,26-27,29-36,41-43H,11,16-18H2,1-10H3/b14-13?,15-12+/t19-,20+,21-,22+,23+,24-,26-,27+,29+,30+,31+,32+,33+,34+,35-,36+,37-/m0/s1. The number of carbonyl (C=O) groups excluding carboxylic acids is 2. The number of aliphatic hydroxyl groups is 3. The van der Waals surface area contributed by atoms with E-state index in [4.69, 9.17) is 37.9 Å². The van der Waals surface area contributed by atoms with Crippen molar-refractivity contribution in [3.05, 3.63) is 24.3 Å². The minimum atomic E-state index is -1.86. The fourth-order valence-electron chi connectivity index (χ4n) is 7.69. The van der Waals surface area contributed by atoms with Crippen molar-refractivity contribution < 1.29 is 62.8 Å². The predicted octanol–water partition coefficient (Wildman–Crippen LogP) is 1.76. The van der Waals surface area contributed by atoms with Crippen molar-refractivity contribution in [1.29, 1.82) is 0 Å². The Hall–Kier alpha value is -1.82. The highest BCUT2D eigenvalue weighted by Crippen LogP contribution is 2.40. The van der Waals surface area contributed by atoms with Crippen molar-refractivity contribution in [2.24, 2.45) is 17.8 Å². The lowest BCUT2D eigenvalue weighted by Crippen LogP contribution is -2.60. The van der Waals surface area contributed by atoms with Gasteiger partial charge in [0.2, 0.25) is 0 Å². The number of hydrogen-bond acceptors (Lipinski definition) is 14. The normalized spacial score (nSPS) is 46.4. The van der Waals surface area contributed by atoms with Crippen LogP contribution in [0.3, 0.4) is 0 Å². The summed E-state index contributed by atoms with van der Waals surface area (Å²) in [6, 6.07) is -0.171. The third-order valence-electron chi connectivity index (χ3n) is 10.8. The predicted molar refractivity (Wildman–Crippen MR) is 184 cm³/mol. The minimum absolute atomic E-state index is 0.115. The van der Waals surface area contributed by atoms with E-state index in [1.165, 1.54) is 26.4 Å². The van der Waals surface area contributed by atoms with E-state index in [1.54, 1.807) is 26.0 Å². The van der Waals surface area contributed by atoms with Crippen molar-refractivity contribution in [2.75, 3.05) is 34.9 Å². The maximum absolute atomic E-state index is 13.4. The lowest BCUT2D eigenvalue weighted by molar-refractivity contribution is -0.313. The summed E-state index contributed by atoms with van der Waals surface area (Å²) >= 11 is 0. The fourth-order valence-corrected chi connectivity index (χ4v) is 7.69. The van der Waals surface area contributed by atoms with Crippen LogP contribution in [-0.2, 0) is 47.5 Å². The third kappa shape index (κ3) is 9.84. The van der Waals surface area contributed by atoms with Gasteiger partial charge in [0.05, 0.1) is 24.9 Å². The van der Waals surface area contributed by atoms with Gasteiger partial charge in [-0.15, -0.1) is 0 Å². The van der Waals surface area contributed by atoms with E-state index >= 15 is 0 Å². The second kappa shape index (κ2) is 18.0. The van der Waals surface area contributed by atoms with Gasteiger partial charge in [0.15, 0.2) is 24.0 Å². The first-order valence-corrected chi connectivity index (χ1v) is 18.2. The SMILES string of the molecule is CC[C@H]1OC(=O)/C=C/[C@H](C)[C@@H](O[C@@H]2O[C@H](C)C[C@H](N(C)C)[C@H]2O)[C@@H](C)C[C@@H](C)C(=O)C=C[C@@H]2O[C@H]2[C@]1(O)CO[C@@H]1O[C@H](C)[C@@H](O)[C@@H](OC)[C@H]1OC. The first kappa shape index (κ1) is 41.9. The number of esters is 1. The van der Waals surface area contributed by atoms with E-state index in [-0.39, 0.29) is 48.7 Å². The van der Waals surface area contributed by atoms with Gasteiger partial charge >= 0.3 is 5.97 Å². The minimum Gasteiger partial charge on any atom is -0.456 e. The molecule has 14 heteroatoms. The second-order valence-electron chi connectivity index (χ2n) is 15.0. The number of aliphatic hydroxyl groups excluding tert-OH is 2. The van der Waals surface area contributed by atoms with Gasteiger partial charge in [0.1, 0.15) is 42.7 Å². The zero-order chi connectivity index (χ0) is 37.8. The molecule has 4 aliphatic rings. The van der Waals surface area contributed by atoms with Crippen LogP contribution in [-0.4, -0.2) is 152 Å². The van der Waals surface area contributed by atoms with Gasteiger partial charge < -0.3 is 58.1 Å². The van der Waals surface area contributed by atoms with Gasteiger partial charge in [0.25, 0.3) is 0 Å². The number of carbonyl (C=O) groups is 2. The molecular weight excluding hydrogens is 666 g/mol. The van der Waals surface area contributed by atoms with Crippen LogP contribution in [0.25, 0.3) is 0 Å². The van der Waals surface area contributed by atoms with E-state index in [0.717, 1.165) is 0 Å².